The van der Waals surface area contributed by atoms with Crippen LogP contribution in [0, 0.1) is 6.92 Å². The summed E-state index contributed by atoms with van der Waals surface area (Å²) in [5.74, 6) is 0.486. The van der Waals surface area contributed by atoms with Gasteiger partial charge in [-0.2, -0.15) is 0 Å². The molecule has 2 N–H and O–H groups in total. The third kappa shape index (κ3) is 1.95. The summed E-state index contributed by atoms with van der Waals surface area (Å²) in [7, 11) is 0. The van der Waals surface area contributed by atoms with Gasteiger partial charge in [-0.05, 0) is 30.7 Å². The van der Waals surface area contributed by atoms with E-state index >= 15 is 0 Å². The van der Waals surface area contributed by atoms with Gasteiger partial charge in [0.05, 0.1) is 17.6 Å². The zero-order chi connectivity index (χ0) is 13.2. The van der Waals surface area contributed by atoms with Gasteiger partial charge in [-0.3, -0.25) is 0 Å². The van der Waals surface area contributed by atoms with Crippen molar-refractivity contribution in [3.63, 3.8) is 0 Å². The molecule has 0 aliphatic heterocycles. The summed E-state index contributed by atoms with van der Waals surface area (Å²) in [6, 6.07) is 11.7. The van der Waals surface area contributed by atoms with Crippen LogP contribution in [0.15, 0.2) is 48.8 Å². The maximum atomic E-state index is 5.98. The monoisotopic (exact) mass is 251 g/mol. The second-order valence-electron chi connectivity index (χ2n) is 4.25. The summed E-state index contributed by atoms with van der Waals surface area (Å²) >= 11 is 0. The van der Waals surface area contributed by atoms with Crippen molar-refractivity contribution in [2.75, 3.05) is 5.73 Å². The van der Waals surface area contributed by atoms with E-state index in [9.17, 15) is 0 Å². The molecule has 0 aliphatic rings. The Morgan fingerprint density at radius 2 is 1.89 bits per heavy atom. The maximum absolute atomic E-state index is 5.98. The molecule has 3 rings (SSSR count). The van der Waals surface area contributed by atoms with Crippen LogP contribution in [0.5, 0.6) is 0 Å². The molecule has 5 nitrogen and oxygen atoms in total. The lowest BCUT2D eigenvalue weighted by Gasteiger charge is -2.10. The largest absolute Gasteiger partial charge is 0.383 e. The predicted molar refractivity (Wildman–Crippen MR) is 73.7 cm³/mol. The fraction of sp³-hybridized carbons (Fsp3) is 0.0714. The minimum Gasteiger partial charge on any atom is -0.383 e. The Bertz CT molecular complexity index is 683. The van der Waals surface area contributed by atoms with Crippen LogP contribution >= 0.6 is 0 Å². The molecule has 0 saturated heterocycles. The molecule has 5 heteroatoms. The third-order valence-corrected chi connectivity index (χ3v) is 2.99. The number of rotatable bonds is 2. The molecule has 0 saturated carbocycles. The summed E-state index contributed by atoms with van der Waals surface area (Å²) in [5, 5.41) is 8.12. The van der Waals surface area contributed by atoms with Gasteiger partial charge in [0.1, 0.15) is 5.82 Å². The number of pyridine rings is 1. The van der Waals surface area contributed by atoms with Crippen molar-refractivity contribution in [3.05, 3.63) is 54.4 Å². The summed E-state index contributed by atoms with van der Waals surface area (Å²) < 4.78 is 1.76. The molecular weight excluding hydrogens is 238 g/mol. The molecule has 2 heterocycles. The average Bonchev–Trinajstić information content (AvgIpc) is 2.89. The van der Waals surface area contributed by atoms with E-state index in [0.717, 1.165) is 22.5 Å². The van der Waals surface area contributed by atoms with Crippen LogP contribution in [-0.2, 0) is 0 Å². The lowest BCUT2D eigenvalue weighted by atomic mass is 10.1. The third-order valence-electron chi connectivity index (χ3n) is 2.99. The minimum absolute atomic E-state index is 0.486. The highest BCUT2D eigenvalue weighted by atomic mass is 15.4. The highest BCUT2D eigenvalue weighted by Crippen LogP contribution is 2.28. The van der Waals surface area contributed by atoms with E-state index in [1.807, 2.05) is 43.3 Å². The topological polar surface area (TPSA) is 69.6 Å². The fourth-order valence-electron chi connectivity index (χ4n) is 2.08. The summed E-state index contributed by atoms with van der Waals surface area (Å²) in [6.45, 7) is 2.00. The van der Waals surface area contributed by atoms with Gasteiger partial charge in [0, 0.05) is 11.8 Å². The minimum atomic E-state index is 0.486. The standard InChI is InChI=1S/C14H13N5/c1-10-7-8-16-14(15)13(10)12-9-17-18-19(12)11-5-3-2-4-6-11/h2-9H,1H3,(H2,15,16). The quantitative estimate of drug-likeness (QED) is 0.758. The first-order valence-electron chi connectivity index (χ1n) is 5.95. The molecule has 0 spiro atoms. The lowest BCUT2D eigenvalue weighted by molar-refractivity contribution is 0.807. The van der Waals surface area contributed by atoms with Gasteiger partial charge in [0.2, 0.25) is 0 Å². The zero-order valence-corrected chi connectivity index (χ0v) is 10.5. The fourth-order valence-corrected chi connectivity index (χ4v) is 2.08. The highest BCUT2D eigenvalue weighted by molar-refractivity contribution is 5.74. The van der Waals surface area contributed by atoms with Gasteiger partial charge in [-0.25, -0.2) is 9.67 Å². The molecule has 0 fully saturated rings. The number of aromatic nitrogens is 4. The van der Waals surface area contributed by atoms with Crippen LogP contribution in [0.2, 0.25) is 0 Å². The number of hydrogen-bond acceptors (Lipinski definition) is 4. The Hall–Kier alpha value is -2.69. The number of anilines is 1. The van der Waals surface area contributed by atoms with Crippen LogP contribution in [0.3, 0.4) is 0 Å². The van der Waals surface area contributed by atoms with Gasteiger partial charge in [-0.15, -0.1) is 5.10 Å². The molecule has 0 atom stereocenters. The highest BCUT2D eigenvalue weighted by Gasteiger charge is 2.14. The Balaban J connectivity index is 2.21. The van der Waals surface area contributed by atoms with E-state index in [-0.39, 0.29) is 0 Å². The zero-order valence-electron chi connectivity index (χ0n) is 10.5. The molecule has 19 heavy (non-hydrogen) atoms. The van der Waals surface area contributed by atoms with Crippen LogP contribution in [0.1, 0.15) is 5.56 Å². The average molecular weight is 251 g/mol. The van der Waals surface area contributed by atoms with Crippen molar-refractivity contribution in [1.82, 2.24) is 20.0 Å². The number of nitrogen functional groups attached to an aromatic ring is 1. The van der Waals surface area contributed by atoms with E-state index in [1.165, 1.54) is 0 Å². The first kappa shape index (κ1) is 11.4. The van der Waals surface area contributed by atoms with Crippen molar-refractivity contribution in [2.45, 2.75) is 6.92 Å². The van der Waals surface area contributed by atoms with Crippen molar-refractivity contribution in [3.8, 4) is 16.9 Å². The summed E-state index contributed by atoms with van der Waals surface area (Å²) in [4.78, 5) is 4.14. The van der Waals surface area contributed by atoms with E-state index in [1.54, 1.807) is 17.1 Å². The molecule has 0 radical (unpaired) electrons. The van der Waals surface area contributed by atoms with E-state index in [4.69, 9.17) is 5.73 Å². The van der Waals surface area contributed by atoms with Gasteiger partial charge in [0.15, 0.2) is 0 Å². The molecule has 0 bridgehead atoms. The van der Waals surface area contributed by atoms with Crippen molar-refractivity contribution in [1.29, 1.82) is 0 Å². The maximum Gasteiger partial charge on any atom is 0.133 e. The molecule has 1 aromatic carbocycles. The predicted octanol–water partition coefficient (Wildman–Crippen LogP) is 2.22. The molecule has 2 aromatic heterocycles. The Labute approximate surface area is 110 Å². The Morgan fingerprint density at radius 3 is 2.63 bits per heavy atom. The Morgan fingerprint density at radius 1 is 1.11 bits per heavy atom. The first-order chi connectivity index (χ1) is 9.27. The number of benzene rings is 1. The SMILES string of the molecule is Cc1ccnc(N)c1-c1cnnn1-c1ccccc1. The number of nitrogens with two attached hydrogens (primary N) is 1. The number of nitrogens with zero attached hydrogens (tertiary/aromatic N) is 4. The molecule has 3 aromatic rings. The first-order valence-corrected chi connectivity index (χ1v) is 5.95. The number of para-hydroxylation sites is 1. The molecule has 0 aliphatic carbocycles. The normalized spacial score (nSPS) is 10.6. The van der Waals surface area contributed by atoms with E-state index < -0.39 is 0 Å². The van der Waals surface area contributed by atoms with Crippen molar-refractivity contribution < 1.29 is 0 Å². The number of aryl methyl sites for hydroxylation is 1. The molecular formula is C14H13N5. The van der Waals surface area contributed by atoms with Crippen LogP contribution < -0.4 is 5.73 Å². The summed E-state index contributed by atoms with van der Waals surface area (Å²) in [5.41, 5.74) is 9.68. The molecule has 0 amide bonds. The number of hydrogen-bond donors (Lipinski definition) is 1. The smallest absolute Gasteiger partial charge is 0.133 e. The van der Waals surface area contributed by atoms with E-state index in [0.29, 0.717) is 5.82 Å². The second kappa shape index (κ2) is 4.53. The van der Waals surface area contributed by atoms with Crippen molar-refractivity contribution >= 4 is 5.82 Å². The lowest BCUT2D eigenvalue weighted by Crippen LogP contribution is -2.03. The van der Waals surface area contributed by atoms with Gasteiger partial charge >= 0.3 is 0 Å². The van der Waals surface area contributed by atoms with E-state index in [2.05, 4.69) is 15.3 Å². The van der Waals surface area contributed by atoms with Crippen LogP contribution in [-0.4, -0.2) is 20.0 Å². The van der Waals surface area contributed by atoms with Gasteiger partial charge in [0.25, 0.3) is 0 Å². The summed E-state index contributed by atoms with van der Waals surface area (Å²) in [6.07, 6.45) is 3.40. The van der Waals surface area contributed by atoms with Crippen LogP contribution in [0.25, 0.3) is 16.9 Å². The molecule has 0 unspecified atom stereocenters. The van der Waals surface area contributed by atoms with Gasteiger partial charge in [-0.1, -0.05) is 23.4 Å². The van der Waals surface area contributed by atoms with Crippen LogP contribution in [0.4, 0.5) is 5.82 Å². The Kier molecular flexibility index (Phi) is 2.72. The van der Waals surface area contributed by atoms with Gasteiger partial charge < -0.3 is 5.73 Å². The second-order valence-corrected chi connectivity index (χ2v) is 4.25. The molecule has 94 valence electrons. The van der Waals surface area contributed by atoms with Crippen molar-refractivity contribution in [2.24, 2.45) is 0 Å².